The molecular formula is C14H19NO. The highest BCUT2D eigenvalue weighted by Gasteiger charge is 2.47. The van der Waals surface area contributed by atoms with Crippen molar-refractivity contribution in [3.05, 3.63) is 29.8 Å². The molecule has 1 saturated heterocycles. The van der Waals surface area contributed by atoms with Crippen molar-refractivity contribution in [3.8, 4) is 0 Å². The minimum atomic E-state index is -0.367. The Labute approximate surface area is 96.9 Å². The lowest BCUT2D eigenvalue weighted by molar-refractivity contribution is 0.0895. The first-order valence-corrected chi connectivity index (χ1v) is 6.22. The molecule has 2 heteroatoms. The van der Waals surface area contributed by atoms with Gasteiger partial charge in [-0.05, 0) is 25.8 Å². The van der Waals surface area contributed by atoms with Crippen LogP contribution in [0.15, 0.2) is 24.3 Å². The van der Waals surface area contributed by atoms with Gasteiger partial charge in [-0.2, -0.15) is 0 Å². The maximum Gasteiger partial charge on any atom is 0.0781 e. The van der Waals surface area contributed by atoms with E-state index in [-0.39, 0.29) is 6.10 Å². The minimum absolute atomic E-state index is 0.367. The lowest BCUT2D eigenvalue weighted by Crippen LogP contribution is -2.60. The minimum Gasteiger partial charge on any atom is -0.389 e. The van der Waals surface area contributed by atoms with Crippen LogP contribution in [0.3, 0.4) is 0 Å². The van der Waals surface area contributed by atoms with E-state index >= 15 is 0 Å². The third-order valence-corrected chi connectivity index (χ3v) is 4.19. The number of anilines is 1. The third kappa shape index (κ3) is 1.44. The zero-order valence-corrected chi connectivity index (χ0v) is 9.82. The van der Waals surface area contributed by atoms with E-state index < -0.39 is 0 Å². The summed E-state index contributed by atoms with van der Waals surface area (Å²) in [5.41, 5.74) is 2.94. The molecule has 2 fully saturated rings. The zero-order chi connectivity index (χ0) is 11.2. The van der Waals surface area contributed by atoms with Crippen molar-refractivity contribution in [1.82, 2.24) is 0 Å². The van der Waals surface area contributed by atoms with Gasteiger partial charge >= 0.3 is 0 Å². The number of hydrogen-bond donors (Lipinski definition) is 1. The van der Waals surface area contributed by atoms with E-state index in [1.807, 2.05) is 19.1 Å². The Morgan fingerprint density at radius 2 is 1.94 bits per heavy atom. The summed E-state index contributed by atoms with van der Waals surface area (Å²) >= 11 is 0. The second-order valence-electron chi connectivity index (χ2n) is 5.44. The van der Waals surface area contributed by atoms with E-state index in [2.05, 4.69) is 17.0 Å². The van der Waals surface area contributed by atoms with E-state index in [0.717, 1.165) is 5.56 Å². The van der Waals surface area contributed by atoms with Gasteiger partial charge in [-0.15, -0.1) is 0 Å². The highest BCUT2D eigenvalue weighted by Crippen LogP contribution is 2.50. The van der Waals surface area contributed by atoms with Crippen LogP contribution in [-0.4, -0.2) is 18.2 Å². The molecule has 1 saturated carbocycles. The Morgan fingerprint density at radius 3 is 2.50 bits per heavy atom. The maximum absolute atomic E-state index is 9.75. The number of aliphatic hydroxyl groups excluding tert-OH is 1. The Hall–Kier alpha value is -1.02. The molecule has 1 aromatic carbocycles. The third-order valence-electron chi connectivity index (χ3n) is 4.19. The van der Waals surface area contributed by atoms with Crippen molar-refractivity contribution in [3.63, 3.8) is 0 Å². The molecule has 1 atom stereocenters. The average molecular weight is 217 g/mol. The Kier molecular flexibility index (Phi) is 2.21. The van der Waals surface area contributed by atoms with Gasteiger partial charge in [0.15, 0.2) is 0 Å². The fraction of sp³-hybridized carbons (Fsp3) is 0.571. The summed E-state index contributed by atoms with van der Waals surface area (Å²) in [5.74, 6) is 0. The molecule has 0 radical (unpaired) electrons. The highest BCUT2D eigenvalue weighted by molar-refractivity contribution is 5.57. The van der Waals surface area contributed by atoms with Gasteiger partial charge in [0.25, 0.3) is 0 Å². The molecule has 0 amide bonds. The standard InChI is InChI=1S/C14H19NO/c1-11(16)12-5-2-3-6-13(12)15-9-14(10-15)7-4-8-14/h2-3,5-6,11,16H,4,7-10H2,1H3. The SMILES string of the molecule is CC(O)c1ccccc1N1CC2(CCC2)C1. The van der Waals surface area contributed by atoms with Gasteiger partial charge < -0.3 is 10.0 Å². The number of aliphatic hydroxyl groups is 1. The quantitative estimate of drug-likeness (QED) is 0.823. The van der Waals surface area contributed by atoms with E-state index in [4.69, 9.17) is 0 Å². The first-order chi connectivity index (χ1) is 7.70. The first kappa shape index (κ1) is 10.2. The summed E-state index contributed by atoms with van der Waals surface area (Å²) in [7, 11) is 0. The van der Waals surface area contributed by atoms with Crippen molar-refractivity contribution < 1.29 is 5.11 Å². The van der Waals surface area contributed by atoms with Gasteiger partial charge in [0.1, 0.15) is 0 Å². The second-order valence-corrected chi connectivity index (χ2v) is 5.44. The molecule has 2 nitrogen and oxygen atoms in total. The molecule has 0 bridgehead atoms. The molecule has 1 aliphatic heterocycles. The second kappa shape index (κ2) is 3.49. The summed E-state index contributed by atoms with van der Waals surface area (Å²) in [5, 5.41) is 9.75. The molecule has 0 aromatic heterocycles. The number of para-hydroxylation sites is 1. The Balaban J connectivity index is 1.80. The van der Waals surface area contributed by atoms with Crippen LogP contribution in [0.25, 0.3) is 0 Å². The summed E-state index contributed by atoms with van der Waals surface area (Å²) in [6, 6.07) is 8.23. The van der Waals surface area contributed by atoms with Gasteiger partial charge in [-0.3, -0.25) is 0 Å². The number of rotatable bonds is 2. The monoisotopic (exact) mass is 217 g/mol. The molecule has 1 aliphatic carbocycles. The molecule has 3 rings (SSSR count). The molecule has 1 heterocycles. The van der Waals surface area contributed by atoms with Crippen molar-refractivity contribution in [2.75, 3.05) is 18.0 Å². The molecule has 1 spiro atoms. The number of hydrogen-bond acceptors (Lipinski definition) is 2. The van der Waals surface area contributed by atoms with Crippen LogP contribution in [0.1, 0.15) is 37.9 Å². The predicted molar refractivity (Wildman–Crippen MR) is 65.6 cm³/mol. The fourth-order valence-corrected chi connectivity index (χ4v) is 3.06. The topological polar surface area (TPSA) is 23.5 Å². The van der Waals surface area contributed by atoms with Crippen LogP contribution in [-0.2, 0) is 0 Å². The summed E-state index contributed by atoms with van der Waals surface area (Å²) in [4.78, 5) is 2.42. The van der Waals surface area contributed by atoms with Crippen molar-refractivity contribution in [2.45, 2.75) is 32.3 Å². The maximum atomic E-state index is 9.75. The van der Waals surface area contributed by atoms with Gasteiger partial charge in [-0.1, -0.05) is 24.6 Å². The predicted octanol–water partition coefficient (Wildman–Crippen LogP) is 2.73. The Bertz CT molecular complexity index is 387. The summed E-state index contributed by atoms with van der Waals surface area (Å²) in [6.07, 6.45) is 3.85. The Morgan fingerprint density at radius 1 is 1.25 bits per heavy atom. The highest BCUT2D eigenvalue weighted by atomic mass is 16.3. The van der Waals surface area contributed by atoms with Gasteiger partial charge in [0, 0.05) is 29.8 Å². The lowest BCUT2D eigenvalue weighted by atomic mass is 9.63. The molecule has 1 unspecified atom stereocenters. The summed E-state index contributed by atoms with van der Waals surface area (Å²) < 4.78 is 0. The largest absolute Gasteiger partial charge is 0.389 e. The number of benzene rings is 1. The van der Waals surface area contributed by atoms with Gasteiger partial charge in [-0.25, -0.2) is 0 Å². The van der Waals surface area contributed by atoms with Crippen molar-refractivity contribution >= 4 is 5.69 Å². The van der Waals surface area contributed by atoms with Crippen LogP contribution >= 0.6 is 0 Å². The normalized spacial score (nSPS) is 23.8. The van der Waals surface area contributed by atoms with E-state index in [0.29, 0.717) is 5.41 Å². The van der Waals surface area contributed by atoms with Gasteiger partial charge in [0.2, 0.25) is 0 Å². The molecule has 16 heavy (non-hydrogen) atoms. The zero-order valence-electron chi connectivity index (χ0n) is 9.82. The van der Waals surface area contributed by atoms with Crippen LogP contribution in [0.4, 0.5) is 5.69 Å². The lowest BCUT2D eigenvalue weighted by Gasteiger charge is -2.57. The van der Waals surface area contributed by atoms with Gasteiger partial charge in [0.05, 0.1) is 6.10 Å². The van der Waals surface area contributed by atoms with Crippen LogP contribution in [0, 0.1) is 5.41 Å². The van der Waals surface area contributed by atoms with Crippen molar-refractivity contribution in [1.29, 1.82) is 0 Å². The van der Waals surface area contributed by atoms with E-state index in [1.165, 1.54) is 38.0 Å². The molecule has 2 aliphatic rings. The molecule has 1 N–H and O–H groups in total. The molecule has 86 valence electrons. The van der Waals surface area contributed by atoms with Crippen molar-refractivity contribution in [2.24, 2.45) is 5.41 Å². The number of nitrogens with zero attached hydrogens (tertiary/aromatic N) is 1. The summed E-state index contributed by atoms with van der Waals surface area (Å²) in [6.45, 7) is 4.23. The first-order valence-electron chi connectivity index (χ1n) is 6.22. The molecular weight excluding hydrogens is 198 g/mol. The fourth-order valence-electron chi connectivity index (χ4n) is 3.06. The van der Waals surface area contributed by atoms with E-state index in [1.54, 1.807) is 0 Å². The smallest absolute Gasteiger partial charge is 0.0781 e. The molecule has 1 aromatic rings. The van der Waals surface area contributed by atoms with E-state index in [9.17, 15) is 5.11 Å². The van der Waals surface area contributed by atoms with Crippen LogP contribution in [0.5, 0.6) is 0 Å². The average Bonchev–Trinajstić information content (AvgIpc) is 2.14. The van der Waals surface area contributed by atoms with Crippen LogP contribution in [0.2, 0.25) is 0 Å². The van der Waals surface area contributed by atoms with Crippen LogP contribution < -0.4 is 4.90 Å².